The zero-order valence-corrected chi connectivity index (χ0v) is 11.0. The van der Waals surface area contributed by atoms with Crippen LogP contribution in [0.1, 0.15) is 24.1 Å². The van der Waals surface area contributed by atoms with Crippen LogP contribution >= 0.6 is 11.3 Å². The van der Waals surface area contributed by atoms with Crippen molar-refractivity contribution in [2.45, 2.75) is 30.2 Å². The average molecular weight is 271 g/mol. The number of nitrogens with zero attached hydrogens (tertiary/aromatic N) is 1. The molecule has 3 N–H and O–H groups in total. The molecule has 0 radical (unpaired) electrons. The Hall–Kier alpha value is -1.26. The minimum absolute atomic E-state index is 0.0711. The molecule has 0 bridgehead atoms. The van der Waals surface area contributed by atoms with Crippen molar-refractivity contribution in [1.29, 1.82) is 5.26 Å². The summed E-state index contributed by atoms with van der Waals surface area (Å²) in [6, 6.07) is 2.23. The second kappa shape index (κ2) is 4.20. The van der Waals surface area contributed by atoms with Gasteiger partial charge in [-0.3, -0.25) is 0 Å². The lowest BCUT2D eigenvalue weighted by molar-refractivity contribution is 0.445. The lowest BCUT2D eigenvalue weighted by atomic mass is 9.93. The third-order valence-corrected chi connectivity index (χ3v) is 5.15. The maximum atomic E-state index is 11.7. The number of hydrogen-bond donors (Lipinski definition) is 2. The Bertz CT molecular complexity index is 579. The summed E-state index contributed by atoms with van der Waals surface area (Å²) in [6.45, 7) is 0. The first kappa shape index (κ1) is 12.2. The van der Waals surface area contributed by atoms with Crippen LogP contribution in [-0.4, -0.2) is 20.7 Å². The van der Waals surface area contributed by atoms with Gasteiger partial charge in [0.2, 0.25) is 0 Å². The topological polar surface area (TPSA) is 96.0 Å². The highest BCUT2D eigenvalue weighted by atomic mass is 32.2. The van der Waals surface area contributed by atoms with E-state index in [0.29, 0.717) is 11.0 Å². The standard InChI is InChI=1S/C10H13N3O2S2/c1-17(14,15)9-8(12)7(5-11)16-10(9)13-6-3-2-4-6/h6,13H,2-4,12H2,1H3. The van der Waals surface area contributed by atoms with Gasteiger partial charge in [-0.2, -0.15) is 5.26 Å². The number of rotatable bonds is 3. The van der Waals surface area contributed by atoms with Crippen LogP contribution < -0.4 is 11.1 Å². The maximum Gasteiger partial charge on any atom is 0.180 e. The monoisotopic (exact) mass is 271 g/mol. The number of nitrogens with two attached hydrogens (primary N) is 1. The molecular formula is C10H13N3O2S2. The number of anilines is 2. The van der Waals surface area contributed by atoms with E-state index in [1.165, 1.54) is 0 Å². The molecule has 1 aliphatic carbocycles. The molecule has 1 saturated carbocycles. The maximum absolute atomic E-state index is 11.7. The molecule has 92 valence electrons. The van der Waals surface area contributed by atoms with Crippen LogP contribution in [0, 0.1) is 11.3 Å². The summed E-state index contributed by atoms with van der Waals surface area (Å²) in [5, 5.41) is 12.5. The molecule has 0 aromatic carbocycles. The quantitative estimate of drug-likeness (QED) is 0.870. The normalized spacial score (nSPS) is 16.2. The van der Waals surface area contributed by atoms with Crippen molar-refractivity contribution < 1.29 is 8.42 Å². The predicted octanol–water partition coefficient (Wildman–Crippen LogP) is 1.57. The van der Waals surface area contributed by atoms with E-state index in [2.05, 4.69) is 5.32 Å². The van der Waals surface area contributed by atoms with E-state index in [4.69, 9.17) is 11.0 Å². The third-order valence-electron chi connectivity index (χ3n) is 2.81. The van der Waals surface area contributed by atoms with Gasteiger partial charge in [0.15, 0.2) is 9.84 Å². The van der Waals surface area contributed by atoms with Crippen molar-refractivity contribution in [1.82, 2.24) is 0 Å². The lowest BCUT2D eigenvalue weighted by Gasteiger charge is -2.27. The van der Waals surface area contributed by atoms with Crippen molar-refractivity contribution >= 4 is 31.9 Å². The van der Waals surface area contributed by atoms with Crippen LogP contribution in [0.15, 0.2) is 4.90 Å². The van der Waals surface area contributed by atoms with Gasteiger partial charge < -0.3 is 11.1 Å². The van der Waals surface area contributed by atoms with Crippen molar-refractivity contribution in [3.8, 4) is 6.07 Å². The summed E-state index contributed by atoms with van der Waals surface area (Å²) in [4.78, 5) is 0.332. The Kier molecular flexibility index (Phi) is 3.02. The number of thiophene rings is 1. The number of hydrogen-bond acceptors (Lipinski definition) is 6. The van der Waals surface area contributed by atoms with E-state index in [-0.39, 0.29) is 15.5 Å². The molecular weight excluding hydrogens is 258 g/mol. The van der Waals surface area contributed by atoms with Gasteiger partial charge in [0, 0.05) is 12.3 Å². The Balaban J connectivity index is 2.46. The largest absolute Gasteiger partial charge is 0.396 e. The number of nitrogen functional groups attached to an aromatic ring is 1. The van der Waals surface area contributed by atoms with Gasteiger partial charge in [0.05, 0.1) is 5.69 Å². The van der Waals surface area contributed by atoms with Crippen molar-refractivity contribution in [3.05, 3.63) is 4.88 Å². The summed E-state index contributed by atoms with van der Waals surface area (Å²) in [6.07, 6.45) is 4.32. The minimum Gasteiger partial charge on any atom is -0.396 e. The van der Waals surface area contributed by atoms with E-state index in [1.807, 2.05) is 6.07 Å². The number of nitrogens with one attached hydrogen (secondary N) is 1. The van der Waals surface area contributed by atoms with Crippen LogP contribution in [0.2, 0.25) is 0 Å². The highest BCUT2D eigenvalue weighted by molar-refractivity contribution is 7.91. The molecule has 1 fully saturated rings. The molecule has 0 aliphatic heterocycles. The van der Waals surface area contributed by atoms with Gasteiger partial charge in [-0.05, 0) is 19.3 Å². The third kappa shape index (κ3) is 2.23. The Morgan fingerprint density at radius 3 is 2.59 bits per heavy atom. The fraction of sp³-hybridized carbons (Fsp3) is 0.500. The van der Waals surface area contributed by atoms with Gasteiger partial charge in [-0.25, -0.2) is 8.42 Å². The molecule has 0 saturated heterocycles. The van der Waals surface area contributed by atoms with Crippen molar-refractivity contribution in [2.24, 2.45) is 0 Å². The van der Waals surface area contributed by atoms with E-state index < -0.39 is 9.84 Å². The molecule has 0 amide bonds. The molecule has 5 nitrogen and oxygen atoms in total. The molecule has 1 heterocycles. The minimum atomic E-state index is -3.41. The van der Waals surface area contributed by atoms with Crippen LogP contribution in [0.25, 0.3) is 0 Å². The van der Waals surface area contributed by atoms with E-state index in [1.54, 1.807) is 0 Å². The highest BCUT2D eigenvalue weighted by Crippen LogP contribution is 2.40. The first-order valence-electron chi connectivity index (χ1n) is 5.22. The van der Waals surface area contributed by atoms with Crippen molar-refractivity contribution in [2.75, 3.05) is 17.3 Å². The van der Waals surface area contributed by atoms with Crippen LogP contribution in [0.4, 0.5) is 10.7 Å². The van der Waals surface area contributed by atoms with Gasteiger partial charge in [0.25, 0.3) is 0 Å². The molecule has 17 heavy (non-hydrogen) atoms. The molecule has 7 heteroatoms. The Labute approximate surface area is 104 Å². The van der Waals surface area contributed by atoms with E-state index in [9.17, 15) is 8.42 Å². The number of nitriles is 1. The summed E-state index contributed by atoms with van der Waals surface area (Å²) < 4.78 is 23.3. The number of sulfone groups is 1. The molecule has 0 unspecified atom stereocenters. The molecule has 1 aliphatic rings. The van der Waals surface area contributed by atoms with Gasteiger partial charge in [0.1, 0.15) is 20.8 Å². The van der Waals surface area contributed by atoms with E-state index in [0.717, 1.165) is 36.9 Å². The zero-order chi connectivity index (χ0) is 12.6. The first-order chi connectivity index (χ1) is 7.93. The summed E-state index contributed by atoms with van der Waals surface area (Å²) >= 11 is 1.11. The molecule has 0 spiro atoms. The summed E-state index contributed by atoms with van der Waals surface area (Å²) in [7, 11) is -3.41. The fourth-order valence-electron chi connectivity index (χ4n) is 1.71. The predicted molar refractivity (Wildman–Crippen MR) is 67.8 cm³/mol. The smallest absolute Gasteiger partial charge is 0.180 e. The molecule has 2 rings (SSSR count). The molecule has 1 aromatic heterocycles. The second-order valence-electron chi connectivity index (χ2n) is 4.16. The second-order valence-corrected chi connectivity index (χ2v) is 7.13. The Morgan fingerprint density at radius 2 is 2.18 bits per heavy atom. The zero-order valence-electron chi connectivity index (χ0n) is 9.36. The van der Waals surface area contributed by atoms with Crippen LogP contribution in [-0.2, 0) is 9.84 Å². The lowest BCUT2D eigenvalue weighted by Crippen LogP contribution is -2.27. The summed E-state index contributed by atoms with van der Waals surface area (Å²) in [5.41, 5.74) is 5.78. The van der Waals surface area contributed by atoms with Crippen LogP contribution in [0.3, 0.4) is 0 Å². The highest BCUT2D eigenvalue weighted by Gasteiger charge is 2.27. The molecule has 1 aromatic rings. The van der Waals surface area contributed by atoms with E-state index >= 15 is 0 Å². The fourth-order valence-corrected chi connectivity index (χ4v) is 4.14. The first-order valence-corrected chi connectivity index (χ1v) is 7.93. The average Bonchev–Trinajstić information content (AvgIpc) is 2.47. The van der Waals surface area contributed by atoms with Gasteiger partial charge in [-0.1, -0.05) is 0 Å². The summed E-state index contributed by atoms with van der Waals surface area (Å²) in [5.74, 6) is 0. The Morgan fingerprint density at radius 1 is 1.53 bits per heavy atom. The van der Waals surface area contributed by atoms with Gasteiger partial charge >= 0.3 is 0 Å². The molecule has 0 atom stereocenters. The van der Waals surface area contributed by atoms with Crippen LogP contribution in [0.5, 0.6) is 0 Å². The SMILES string of the molecule is CS(=O)(=O)c1c(NC2CCC2)sc(C#N)c1N. The van der Waals surface area contributed by atoms with Gasteiger partial charge in [-0.15, -0.1) is 11.3 Å². The van der Waals surface area contributed by atoms with Crippen molar-refractivity contribution in [3.63, 3.8) is 0 Å².